The molecule has 1 aliphatic rings. The summed E-state index contributed by atoms with van der Waals surface area (Å²) in [5.74, 6) is 0.618. The van der Waals surface area contributed by atoms with E-state index in [0.717, 1.165) is 28.1 Å². The van der Waals surface area contributed by atoms with Crippen molar-refractivity contribution >= 4 is 35.0 Å². The molecule has 0 aliphatic carbocycles. The van der Waals surface area contributed by atoms with E-state index < -0.39 is 0 Å². The number of thiocarbonyl (C=S) groups is 1. The fourth-order valence-corrected chi connectivity index (χ4v) is 3.43. The molecule has 0 saturated carbocycles. The van der Waals surface area contributed by atoms with Gasteiger partial charge in [-0.2, -0.15) is 0 Å². The van der Waals surface area contributed by atoms with Gasteiger partial charge < -0.3 is 10.1 Å². The van der Waals surface area contributed by atoms with Crippen LogP contribution in [0.5, 0.6) is 5.75 Å². The summed E-state index contributed by atoms with van der Waals surface area (Å²) in [5.41, 5.74) is 4.25. The van der Waals surface area contributed by atoms with Gasteiger partial charge in [0.05, 0.1) is 5.69 Å². The van der Waals surface area contributed by atoms with Crippen LogP contribution in [0.25, 0.3) is 6.08 Å². The molecule has 0 aromatic heterocycles. The van der Waals surface area contributed by atoms with Crippen molar-refractivity contribution in [3.8, 4) is 5.75 Å². The van der Waals surface area contributed by atoms with Crippen molar-refractivity contribution in [3.05, 3.63) is 101 Å². The van der Waals surface area contributed by atoms with Gasteiger partial charge in [-0.25, -0.2) is 0 Å². The lowest BCUT2D eigenvalue weighted by Gasteiger charge is -2.16. The van der Waals surface area contributed by atoms with Crippen LogP contribution in [0.3, 0.4) is 0 Å². The maximum absolute atomic E-state index is 12.9. The van der Waals surface area contributed by atoms with E-state index in [2.05, 4.69) is 5.32 Å². The van der Waals surface area contributed by atoms with Gasteiger partial charge in [0, 0.05) is 0 Å². The van der Waals surface area contributed by atoms with Crippen molar-refractivity contribution in [3.63, 3.8) is 0 Å². The molecule has 4 nitrogen and oxygen atoms in total. The van der Waals surface area contributed by atoms with Crippen LogP contribution in [0, 0.1) is 6.92 Å². The molecule has 1 N–H and O–H groups in total. The maximum Gasteiger partial charge on any atom is 0.281 e. The standard InChI is InChI=1S/C24H20N2O2S/c1-17-7-5-6-10-22(17)26-23(27)21(25-24(26)29)15-18-11-13-20(14-12-18)28-16-19-8-3-2-4-9-19/h2-15H,16H2,1H3,(H,25,29)/b21-15+. The van der Waals surface area contributed by atoms with Gasteiger partial charge in [0.25, 0.3) is 5.91 Å². The number of hydrogen-bond donors (Lipinski definition) is 1. The van der Waals surface area contributed by atoms with E-state index in [9.17, 15) is 4.79 Å². The second-order valence-electron chi connectivity index (χ2n) is 6.76. The molecule has 1 saturated heterocycles. The van der Waals surface area contributed by atoms with Crippen LogP contribution in [0.4, 0.5) is 5.69 Å². The molecule has 1 amide bonds. The third-order valence-electron chi connectivity index (χ3n) is 4.67. The van der Waals surface area contributed by atoms with Crippen molar-refractivity contribution in [2.45, 2.75) is 13.5 Å². The number of amides is 1. The van der Waals surface area contributed by atoms with E-state index in [1.807, 2.05) is 85.8 Å². The number of aryl methyl sites for hydroxylation is 1. The number of ether oxygens (including phenoxy) is 1. The fraction of sp³-hybridized carbons (Fsp3) is 0.0833. The van der Waals surface area contributed by atoms with Crippen LogP contribution < -0.4 is 15.0 Å². The van der Waals surface area contributed by atoms with Gasteiger partial charge in [0.1, 0.15) is 18.1 Å². The van der Waals surface area contributed by atoms with Crippen LogP contribution >= 0.6 is 12.2 Å². The Hall–Kier alpha value is -3.44. The van der Waals surface area contributed by atoms with Gasteiger partial charge in [-0.05, 0) is 60.1 Å². The first-order chi connectivity index (χ1) is 14.1. The zero-order valence-corrected chi connectivity index (χ0v) is 16.8. The molecule has 3 aromatic rings. The number of benzene rings is 3. The van der Waals surface area contributed by atoms with Gasteiger partial charge in [-0.15, -0.1) is 0 Å². The molecule has 0 unspecified atom stereocenters. The molecule has 3 aromatic carbocycles. The zero-order valence-electron chi connectivity index (χ0n) is 16.0. The molecular weight excluding hydrogens is 380 g/mol. The summed E-state index contributed by atoms with van der Waals surface area (Å²) in [7, 11) is 0. The van der Waals surface area contributed by atoms with Crippen LogP contribution in [0.15, 0.2) is 84.6 Å². The predicted octanol–water partition coefficient (Wildman–Crippen LogP) is 4.84. The molecule has 1 aliphatic heterocycles. The second-order valence-corrected chi connectivity index (χ2v) is 7.15. The van der Waals surface area contributed by atoms with Crippen molar-refractivity contribution in [1.29, 1.82) is 0 Å². The Kier molecular flexibility index (Phi) is 5.40. The van der Waals surface area contributed by atoms with Crippen LogP contribution in [0.1, 0.15) is 16.7 Å². The highest BCUT2D eigenvalue weighted by molar-refractivity contribution is 7.80. The minimum absolute atomic E-state index is 0.159. The maximum atomic E-state index is 12.9. The van der Waals surface area contributed by atoms with E-state index in [4.69, 9.17) is 17.0 Å². The Morgan fingerprint density at radius 2 is 1.66 bits per heavy atom. The molecule has 0 spiro atoms. The lowest BCUT2D eigenvalue weighted by molar-refractivity contribution is -0.113. The number of rotatable bonds is 5. The van der Waals surface area contributed by atoms with E-state index in [1.165, 1.54) is 4.90 Å². The minimum Gasteiger partial charge on any atom is -0.489 e. The smallest absolute Gasteiger partial charge is 0.281 e. The Morgan fingerprint density at radius 3 is 2.38 bits per heavy atom. The average molecular weight is 401 g/mol. The molecule has 0 bridgehead atoms. The molecule has 144 valence electrons. The topological polar surface area (TPSA) is 41.6 Å². The van der Waals surface area contributed by atoms with Crippen LogP contribution in [-0.2, 0) is 11.4 Å². The van der Waals surface area contributed by atoms with Crippen molar-refractivity contribution in [2.75, 3.05) is 4.90 Å². The Balaban J connectivity index is 1.47. The van der Waals surface area contributed by atoms with Gasteiger partial charge >= 0.3 is 0 Å². The van der Waals surface area contributed by atoms with E-state index in [1.54, 1.807) is 6.08 Å². The molecule has 4 rings (SSSR count). The highest BCUT2D eigenvalue weighted by atomic mass is 32.1. The van der Waals surface area contributed by atoms with Gasteiger partial charge in [0.2, 0.25) is 0 Å². The van der Waals surface area contributed by atoms with Crippen molar-refractivity contribution in [1.82, 2.24) is 5.32 Å². The minimum atomic E-state index is -0.159. The lowest BCUT2D eigenvalue weighted by atomic mass is 10.1. The summed E-state index contributed by atoms with van der Waals surface area (Å²) in [6, 6.07) is 25.3. The first-order valence-electron chi connectivity index (χ1n) is 9.31. The summed E-state index contributed by atoms with van der Waals surface area (Å²) in [4.78, 5) is 14.4. The van der Waals surface area contributed by atoms with E-state index in [0.29, 0.717) is 17.4 Å². The quantitative estimate of drug-likeness (QED) is 0.492. The number of nitrogens with one attached hydrogen (secondary N) is 1. The summed E-state index contributed by atoms with van der Waals surface area (Å²) in [6.45, 7) is 2.47. The largest absolute Gasteiger partial charge is 0.489 e. The second kappa shape index (κ2) is 8.29. The first-order valence-corrected chi connectivity index (χ1v) is 9.72. The third-order valence-corrected chi connectivity index (χ3v) is 4.96. The number of carbonyl (C=O) groups is 1. The molecule has 1 heterocycles. The van der Waals surface area contributed by atoms with Gasteiger partial charge in [0.15, 0.2) is 5.11 Å². The SMILES string of the molecule is Cc1ccccc1N1C(=O)/C(=C\c2ccc(OCc3ccccc3)cc2)NC1=S. The first kappa shape index (κ1) is 18.9. The van der Waals surface area contributed by atoms with Gasteiger partial charge in [-0.3, -0.25) is 9.69 Å². The number of hydrogen-bond acceptors (Lipinski definition) is 3. The summed E-state index contributed by atoms with van der Waals surface area (Å²) in [5, 5.41) is 3.41. The van der Waals surface area contributed by atoms with Crippen molar-refractivity contribution < 1.29 is 9.53 Å². The fourth-order valence-electron chi connectivity index (χ4n) is 3.14. The predicted molar refractivity (Wildman–Crippen MR) is 120 cm³/mol. The third kappa shape index (κ3) is 4.20. The Morgan fingerprint density at radius 1 is 0.966 bits per heavy atom. The Bertz CT molecular complexity index is 1080. The molecule has 29 heavy (non-hydrogen) atoms. The highest BCUT2D eigenvalue weighted by Gasteiger charge is 2.32. The van der Waals surface area contributed by atoms with Crippen LogP contribution in [0.2, 0.25) is 0 Å². The lowest BCUT2D eigenvalue weighted by Crippen LogP contribution is -2.30. The van der Waals surface area contributed by atoms with Gasteiger partial charge in [-0.1, -0.05) is 60.7 Å². The summed E-state index contributed by atoms with van der Waals surface area (Å²) < 4.78 is 5.81. The molecular formula is C24H20N2O2S. The molecule has 1 fully saturated rings. The van der Waals surface area contributed by atoms with Crippen LogP contribution in [-0.4, -0.2) is 11.0 Å². The average Bonchev–Trinajstić information content (AvgIpc) is 3.02. The Labute approximate surface area is 175 Å². The molecule has 5 heteroatoms. The van der Waals surface area contributed by atoms with E-state index >= 15 is 0 Å². The van der Waals surface area contributed by atoms with Crippen molar-refractivity contribution in [2.24, 2.45) is 0 Å². The summed E-state index contributed by atoms with van der Waals surface area (Å²) in [6.07, 6.45) is 1.80. The molecule has 0 radical (unpaired) electrons. The number of para-hydroxylation sites is 1. The number of anilines is 1. The highest BCUT2D eigenvalue weighted by Crippen LogP contribution is 2.26. The molecule has 0 atom stereocenters. The number of carbonyl (C=O) groups excluding carboxylic acids is 1. The zero-order chi connectivity index (χ0) is 20.2. The number of nitrogens with zero attached hydrogens (tertiary/aromatic N) is 1. The summed E-state index contributed by atoms with van der Waals surface area (Å²) >= 11 is 5.39. The van der Waals surface area contributed by atoms with E-state index in [-0.39, 0.29) is 5.91 Å². The monoisotopic (exact) mass is 400 g/mol. The normalized spacial score (nSPS) is 14.9.